The Morgan fingerprint density at radius 2 is 1.81 bits per heavy atom. The van der Waals surface area contributed by atoms with Crippen molar-refractivity contribution >= 4 is 0 Å². The molecule has 0 aromatic heterocycles. The van der Waals surface area contributed by atoms with Gasteiger partial charge in [-0.3, -0.25) is 0 Å². The molecule has 1 atom stereocenters. The van der Waals surface area contributed by atoms with Gasteiger partial charge in [0.15, 0.2) is 0 Å². The Bertz CT molecular complexity index is 177. The Morgan fingerprint density at radius 3 is 2.25 bits per heavy atom. The summed E-state index contributed by atoms with van der Waals surface area (Å²) in [6, 6.07) is 0. The van der Waals surface area contributed by atoms with E-state index in [4.69, 9.17) is 10.5 Å². The molecule has 0 aliphatic rings. The molecule has 0 saturated heterocycles. The largest absolute Gasteiger partial charge is 0.385 e. The lowest BCUT2D eigenvalue weighted by atomic mass is 9.86. The van der Waals surface area contributed by atoms with Gasteiger partial charge in [-0.05, 0) is 30.2 Å². The summed E-state index contributed by atoms with van der Waals surface area (Å²) in [6.07, 6.45) is 2.21. The molecule has 98 valence electrons. The maximum atomic E-state index is 5.79. The van der Waals surface area contributed by atoms with E-state index < -0.39 is 0 Å². The van der Waals surface area contributed by atoms with Crippen molar-refractivity contribution in [3.05, 3.63) is 0 Å². The van der Waals surface area contributed by atoms with Crippen LogP contribution in [0.4, 0.5) is 0 Å². The minimum Gasteiger partial charge on any atom is -0.385 e. The lowest BCUT2D eigenvalue weighted by Gasteiger charge is -2.30. The Morgan fingerprint density at radius 1 is 1.19 bits per heavy atom. The van der Waals surface area contributed by atoms with Crippen molar-refractivity contribution in [3.63, 3.8) is 0 Å². The Balaban J connectivity index is 3.87. The monoisotopic (exact) mass is 230 g/mol. The summed E-state index contributed by atoms with van der Waals surface area (Å²) in [5.41, 5.74) is 6.31. The SMILES string of the molecule is CCC(C)(CN)CNCC(C)(C)CCOC. The van der Waals surface area contributed by atoms with Crippen LogP contribution in [0, 0.1) is 10.8 Å². The number of nitrogens with one attached hydrogen (secondary N) is 1. The number of rotatable bonds is 9. The summed E-state index contributed by atoms with van der Waals surface area (Å²) < 4.78 is 5.12. The summed E-state index contributed by atoms with van der Waals surface area (Å²) in [5.74, 6) is 0. The zero-order valence-corrected chi connectivity index (χ0v) is 11.7. The molecule has 0 aliphatic heterocycles. The molecule has 3 heteroatoms. The second kappa shape index (κ2) is 7.25. The smallest absolute Gasteiger partial charge is 0.0467 e. The number of ether oxygens (including phenoxy) is 1. The van der Waals surface area contributed by atoms with Crippen LogP contribution in [0.3, 0.4) is 0 Å². The third-order valence-electron chi connectivity index (χ3n) is 3.48. The molecule has 0 aromatic carbocycles. The van der Waals surface area contributed by atoms with E-state index >= 15 is 0 Å². The molecule has 0 saturated carbocycles. The van der Waals surface area contributed by atoms with Gasteiger partial charge < -0.3 is 15.8 Å². The number of hydrogen-bond donors (Lipinski definition) is 2. The average Bonchev–Trinajstić information content (AvgIpc) is 2.26. The zero-order valence-electron chi connectivity index (χ0n) is 11.7. The molecule has 1 unspecified atom stereocenters. The first kappa shape index (κ1) is 15.9. The minimum atomic E-state index is 0.233. The van der Waals surface area contributed by atoms with Crippen LogP contribution in [-0.4, -0.2) is 33.4 Å². The zero-order chi connectivity index (χ0) is 12.7. The standard InChI is InChI=1S/C13H30N2O/c1-6-13(4,9-14)11-15-10-12(2,3)7-8-16-5/h15H,6-11,14H2,1-5H3. The third-order valence-corrected chi connectivity index (χ3v) is 3.48. The molecule has 0 bridgehead atoms. The first-order valence-electron chi connectivity index (χ1n) is 6.29. The molecule has 0 amide bonds. The fourth-order valence-corrected chi connectivity index (χ4v) is 1.51. The first-order chi connectivity index (χ1) is 7.39. The van der Waals surface area contributed by atoms with E-state index in [0.717, 1.165) is 39.1 Å². The molecule has 0 rings (SSSR count). The van der Waals surface area contributed by atoms with Crippen LogP contribution in [0.2, 0.25) is 0 Å². The van der Waals surface area contributed by atoms with Crippen molar-refractivity contribution in [2.75, 3.05) is 33.4 Å². The molecule has 0 heterocycles. The number of nitrogens with two attached hydrogens (primary N) is 1. The third kappa shape index (κ3) is 6.46. The van der Waals surface area contributed by atoms with E-state index in [1.54, 1.807) is 7.11 Å². The topological polar surface area (TPSA) is 47.3 Å². The van der Waals surface area contributed by atoms with Gasteiger partial charge in [0.25, 0.3) is 0 Å². The molecule has 0 aromatic rings. The lowest BCUT2D eigenvalue weighted by molar-refractivity contribution is 0.148. The summed E-state index contributed by atoms with van der Waals surface area (Å²) in [6.45, 7) is 12.6. The van der Waals surface area contributed by atoms with Gasteiger partial charge in [-0.1, -0.05) is 27.7 Å². The van der Waals surface area contributed by atoms with Crippen molar-refractivity contribution in [1.82, 2.24) is 5.32 Å². The van der Waals surface area contributed by atoms with Crippen LogP contribution >= 0.6 is 0 Å². The van der Waals surface area contributed by atoms with E-state index in [2.05, 4.69) is 33.0 Å². The highest BCUT2D eigenvalue weighted by molar-refractivity contribution is 4.79. The average molecular weight is 230 g/mol. The summed E-state index contributed by atoms with van der Waals surface area (Å²) in [5, 5.41) is 3.54. The molecule has 3 nitrogen and oxygen atoms in total. The van der Waals surface area contributed by atoms with E-state index in [1.807, 2.05) is 0 Å². The van der Waals surface area contributed by atoms with E-state index in [-0.39, 0.29) is 5.41 Å². The van der Waals surface area contributed by atoms with Crippen molar-refractivity contribution in [3.8, 4) is 0 Å². The Labute approximate surface area is 101 Å². The van der Waals surface area contributed by atoms with Crippen LogP contribution in [0.25, 0.3) is 0 Å². The molecule has 3 N–H and O–H groups in total. The molecule has 0 spiro atoms. The van der Waals surface area contributed by atoms with Crippen LogP contribution in [-0.2, 0) is 4.74 Å². The van der Waals surface area contributed by atoms with Gasteiger partial charge in [0.05, 0.1) is 0 Å². The molecule has 16 heavy (non-hydrogen) atoms. The van der Waals surface area contributed by atoms with Crippen molar-refractivity contribution in [2.45, 2.75) is 40.5 Å². The number of hydrogen-bond acceptors (Lipinski definition) is 3. The molecular weight excluding hydrogens is 200 g/mol. The van der Waals surface area contributed by atoms with Gasteiger partial charge in [0, 0.05) is 26.8 Å². The van der Waals surface area contributed by atoms with Crippen molar-refractivity contribution in [2.24, 2.45) is 16.6 Å². The van der Waals surface area contributed by atoms with Crippen LogP contribution in [0.1, 0.15) is 40.5 Å². The minimum absolute atomic E-state index is 0.233. The van der Waals surface area contributed by atoms with E-state index in [9.17, 15) is 0 Å². The molecule has 0 aliphatic carbocycles. The maximum absolute atomic E-state index is 5.79. The van der Waals surface area contributed by atoms with Crippen molar-refractivity contribution in [1.29, 1.82) is 0 Å². The summed E-state index contributed by atoms with van der Waals surface area (Å²) >= 11 is 0. The van der Waals surface area contributed by atoms with Gasteiger partial charge in [0.2, 0.25) is 0 Å². The summed E-state index contributed by atoms with van der Waals surface area (Å²) in [7, 11) is 1.76. The quantitative estimate of drug-likeness (QED) is 0.637. The van der Waals surface area contributed by atoms with Crippen molar-refractivity contribution < 1.29 is 4.74 Å². The molecular formula is C13H30N2O. The Kier molecular flexibility index (Phi) is 7.20. The van der Waals surface area contributed by atoms with Gasteiger partial charge in [-0.15, -0.1) is 0 Å². The van der Waals surface area contributed by atoms with E-state index in [1.165, 1.54) is 0 Å². The highest BCUT2D eigenvalue weighted by Crippen LogP contribution is 2.21. The lowest BCUT2D eigenvalue weighted by Crippen LogP contribution is -2.41. The van der Waals surface area contributed by atoms with Crippen LogP contribution < -0.4 is 11.1 Å². The molecule has 0 fully saturated rings. The predicted octanol–water partition coefficient (Wildman–Crippen LogP) is 2.01. The second-order valence-electron chi connectivity index (χ2n) is 5.88. The van der Waals surface area contributed by atoms with Gasteiger partial charge in [-0.25, -0.2) is 0 Å². The highest BCUT2D eigenvalue weighted by atomic mass is 16.5. The fourth-order valence-electron chi connectivity index (χ4n) is 1.51. The first-order valence-corrected chi connectivity index (χ1v) is 6.29. The van der Waals surface area contributed by atoms with Crippen LogP contribution in [0.15, 0.2) is 0 Å². The highest BCUT2D eigenvalue weighted by Gasteiger charge is 2.22. The van der Waals surface area contributed by atoms with Gasteiger partial charge >= 0.3 is 0 Å². The van der Waals surface area contributed by atoms with Crippen LogP contribution in [0.5, 0.6) is 0 Å². The van der Waals surface area contributed by atoms with Gasteiger partial charge in [0.1, 0.15) is 0 Å². The van der Waals surface area contributed by atoms with Gasteiger partial charge in [-0.2, -0.15) is 0 Å². The normalized spacial score (nSPS) is 16.1. The fraction of sp³-hybridized carbons (Fsp3) is 1.00. The second-order valence-corrected chi connectivity index (χ2v) is 5.88. The van der Waals surface area contributed by atoms with E-state index in [0.29, 0.717) is 5.41 Å². The predicted molar refractivity (Wildman–Crippen MR) is 70.6 cm³/mol. The number of methoxy groups -OCH3 is 1. The molecule has 0 radical (unpaired) electrons. The summed E-state index contributed by atoms with van der Waals surface area (Å²) in [4.78, 5) is 0. The maximum Gasteiger partial charge on any atom is 0.0467 e. The Hall–Kier alpha value is -0.120.